The van der Waals surface area contributed by atoms with Gasteiger partial charge in [-0.2, -0.15) is 0 Å². The highest BCUT2D eigenvalue weighted by molar-refractivity contribution is 6.12. The van der Waals surface area contributed by atoms with E-state index in [-0.39, 0.29) is 80.9 Å². The zero-order chi connectivity index (χ0) is 54.3. The van der Waals surface area contributed by atoms with Gasteiger partial charge in [0, 0.05) is 59.8 Å². The van der Waals surface area contributed by atoms with Gasteiger partial charge in [-0.1, -0.05) is 50.3 Å². The van der Waals surface area contributed by atoms with Crippen LogP contribution >= 0.6 is 0 Å². The standard InChI is InChI=1S/C53H57FN10O12/c1-4-53(62-74)35-20-40-49-33(25-64(40)51(72)34(35)26-76-52(53)73)48-37(15-14-32-30(3)36(54)21-38(61-49)47(32)48)59-44(68)27-75-28-58-42(66)23-57-50(71)39(19-31-11-7-5-8-12-31)60-43(67)24-55-29(2)22-56-41(65)13-9-6-10-18-63-45(69)16-17-46(63)70/h5,7-8,11-12,16-17,20-21,37,39,55H,2,4,6,9-10,13-15,18-19,22-28H2,1,3H3,(H,56,65)(H,57,71)(H,58,66)(H,59,68)(H,60,67)/t37-,39-,53-/m0/s1. The fourth-order valence-corrected chi connectivity index (χ4v) is 9.96. The average Bonchev–Trinajstić information content (AvgIpc) is 3.95. The minimum atomic E-state index is -1.94. The average molecular weight is 1050 g/mol. The first-order valence-electron chi connectivity index (χ1n) is 24.9. The van der Waals surface area contributed by atoms with Gasteiger partial charge in [0.15, 0.2) is 0 Å². The van der Waals surface area contributed by atoms with Crippen molar-refractivity contribution in [3.05, 3.63) is 127 Å². The van der Waals surface area contributed by atoms with Gasteiger partial charge in [-0.25, -0.2) is 14.2 Å². The number of rotatable bonds is 24. The number of halogens is 1. The summed E-state index contributed by atoms with van der Waals surface area (Å²) in [5.41, 5.74) is 2.23. The summed E-state index contributed by atoms with van der Waals surface area (Å²) in [6.07, 6.45) is 5.20. The summed E-state index contributed by atoms with van der Waals surface area (Å²) in [5.74, 6) is -4.69. The van der Waals surface area contributed by atoms with Gasteiger partial charge >= 0.3 is 5.97 Å². The lowest BCUT2D eigenvalue weighted by molar-refractivity contribution is -0.154. The molecule has 2 aromatic carbocycles. The largest absolute Gasteiger partial charge is 0.458 e. The molecule has 76 heavy (non-hydrogen) atoms. The number of nitroso groups, excluding NO2 is 1. The Morgan fingerprint density at radius 1 is 0.908 bits per heavy atom. The van der Waals surface area contributed by atoms with E-state index in [1.807, 2.05) is 0 Å². The van der Waals surface area contributed by atoms with Crippen LogP contribution < -0.4 is 37.5 Å². The van der Waals surface area contributed by atoms with Crippen LogP contribution in [-0.2, 0) is 79.4 Å². The molecule has 4 aromatic rings. The summed E-state index contributed by atoms with van der Waals surface area (Å²) in [6.45, 7) is 5.45. The molecule has 23 heteroatoms. The Morgan fingerprint density at radius 2 is 1.66 bits per heavy atom. The van der Waals surface area contributed by atoms with E-state index in [4.69, 9.17) is 14.5 Å². The molecular formula is C53H57FN10O12. The zero-order valence-corrected chi connectivity index (χ0v) is 41.9. The molecule has 6 N–H and O–H groups in total. The molecule has 0 unspecified atom stereocenters. The number of pyridine rings is 2. The van der Waals surface area contributed by atoms with Crippen LogP contribution in [0.25, 0.3) is 22.3 Å². The van der Waals surface area contributed by atoms with Gasteiger partial charge in [0.2, 0.25) is 35.1 Å². The molecule has 7 amide bonds. The summed E-state index contributed by atoms with van der Waals surface area (Å²) in [6, 6.07) is 10.0. The number of hydrogen-bond donors (Lipinski definition) is 6. The molecule has 3 atom stereocenters. The number of nitrogens with one attached hydrogen (secondary N) is 6. The predicted octanol–water partition coefficient (Wildman–Crippen LogP) is 2.04. The first-order chi connectivity index (χ1) is 36.5. The highest BCUT2D eigenvalue weighted by Crippen LogP contribution is 2.46. The number of carbonyl (C=O) groups is 8. The van der Waals surface area contributed by atoms with Crippen LogP contribution in [-0.4, -0.2) is 107 Å². The molecule has 5 heterocycles. The van der Waals surface area contributed by atoms with E-state index in [0.717, 1.165) is 16.0 Å². The molecule has 8 rings (SSSR count). The second kappa shape index (κ2) is 23.4. The van der Waals surface area contributed by atoms with Crippen LogP contribution in [0.2, 0.25) is 0 Å². The molecule has 0 spiro atoms. The van der Waals surface area contributed by atoms with Crippen LogP contribution in [0.15, 0.2) is 76.9 Å². The molecule has 398 valence electrons. The number of unbranched alkanes of at least 4 members (excludes halogenated alkanes) is 2. The smallest absolute Gasteiger partial charge is 0.342 e. The van der Waals surface area contributed by atoms with Crippen molar-refractivity contribution < 1.29 is 52.2 Å². The maximum absolute atomic E-state index is 15.4. The highest BCUT2D eigenvalue weighted by Gasteiger charge is 2.49. The van der Waals surface area contributed by atoms with Crippen molar-refractivity contribution in [2.75, 3.05) is 39.5 Å². The van der Waals surface area contributed by atoms with Crippen molar-refractivity contribution in [1.29, 1.82) is 0 Å². The third-order valence-electron chi connectivity index (χ3n) is 14.0. The van der Waals surface area contributed by atoms with Gasteiger partial charge in [-0.3, -0.25) is 43.3 Å². The lowest BCUT2D eigenvalue weighted by Crippen LogP contribution is -2.51. The Morgan fingerprint density at radius 3 is 2.39 bits per heavy atom. The minimum Gasteiger partial charge on any atom is -0.458 e. The number of hydrogen-bond acceptors (Lipinski definition) is 15. The van der Waals surface area contributed by atoms with Crippen molar-refractivity contribution in [2.45, 2.75) is 96.0 Å². The Bertz CT molecular complexity index is 3140. The molecule has 3 aliphatic heterocycles. The number of fused-ring (bicyclic) bond motifs is 5. The van der Waals surface area contributed by atoms with Crippen LogP contribution in [0.3, 0.4) is 0 Å². The number of amides is 7. The first kappa shape index (κ1) is 53.8. The van der Waals surface area contributed by atoms with Crippen LogP contribution in [0, 0.1) is 17.6 Å². The third kappa shape index (κ3) is 11.4. The van der Waals surface area contributed by atoms with Crippen LogP contribution in [0.5, 0.6) is 0 Å². The lowest BCUT2D eigenvalue weighted by atomic mass is 9.81. The van der Waals surface area contributed by atoms with E-state index in [1.54, 1.807) is 50.2 Å². The second-order valence-corrected chi connectivity index (χ2v) is 18.9. The van der Waals surface area contributed by atoms with Crippen molar-refractivity contribution >= 4 is 58.2 Å². The Balaban J connectivity index is 0.812. The Labute approximate surface area is 434 Å². The summed E-state index contributed by atoms with van der Waals surface area (Å²) in [7, 11) is 0. The molecular weight excluding hydrogens is 988 g/mol. The zero-order valence-electron chi connectivity index (χ0n) is 41.9. The van der Waals surface area contributed by atoms with E-state index in [1.165, 1.54) is 22.8 Å². The molecule has 22 nitrogen and oxygen atoms in total. The predicted molar refractivity (Wildman–Crippen MR) is 271 cm³/mol. The van der Waals surface area contributed by atoms with Crippen molar-refractivity contribution in [3.8, 4) is 11.4 Å². The number of aromatic nitrogens is 2. The molecule has 0 bridgehead atoms. The number of imide groups is 1. The van der Waals surface area contributed by atoms with Gasteiger partial charge in [-0.15, -0.1) is 4.91 Å². The fourth-order valence-electron chi connectivity index (χ4n) is 9.96. The monoisotopic (exact) mass is 1040 g/mol. The topological polar surface area (TPSA) is 295 Å². The summed E-state index contributed by atoms with van der Waals surface area (Å²) in [5, 5.41) is 20.0. The van der Waals surface area contributed by atoms with E-state index < -0.39 is 78.5 Å². The quantitative estimate of drug-likeness (QED) is 0.0170. The third-order valence-corrected chi connectivity index (χ3v) is 14.0. The molecule has 2 aromatic heterocycles. The van der Waals surface area contributed by atoms with Crippen molar-refractivity contribution in [3.63, 3.8) is 0 Å². The van der Waals surface area contributed by atoms with E-state index >= 15 is 4.39 Å². The molecule has 1 aliphatic carbocycles. The van der Waals surface area contributed by atoms with Gasteiger partial charge in [-0.05, 0) is 72.5 Å². The number of aryl methyl sites for hydroxylation is 1. The van der Waals surface area contributed by atoms with E-state index in [2.05, 4.69) is 43.7 Å². The maximum atomic E-state index is 15.4. The molecule has 0 fully saturated rings. The van der Waals surface area contributed by atoms with Gasteiger partial charge in [0.25, 0.3) is 17.4 Å². The highest BCUT2D eigenvalue weighted by atomic mass is 19.1. The molecule has 4 aliphatic rings. The fraction of sp³-hybridized carbons (Fsp3) is 0.396. The number of nitrogens with zero attached hydrogens (tertiary/aromatic N) is 4. The summed E-state index contributed by atoms with van der Waals surface area (Å²) < 4.78 is 27.6. The van der Waals surface area contributed by atoms with Crippen molar-refractivity contribution in [2.24, 2.45) is 5.18 Å². The number of cyclic esters (lactones) is 1. The van der Waals surface area contributed by atoms with Gasteiger partial charge in [0.1, 0.15) is 31.8 Å². The summed E-state index contributed by atoms with van der Waals surface area (Å²) in [4.78, 5) is 134. The van der Waals surface area contributed by atoms with E-state index in [0.29, 0.717) is 76.8 Å². The van der Waals surface area contributed by atoms with Gasteiger partial charge in [0.05, 0.1) is 54.7 Å². The van der Waals surface area contributed by atoms with Crippen molar-refractivity contribution in [1.82, 2.24) is 46.4 Å². The summed E-state index contributed by atoms with van der Waals surface area (Å²) >= 11 is 0. The number of benzene rings is 2. The minimum absolute atomic E-state index is 0.0348. The van der Waals surface area contributed by atoms with E-state index in [9.17, 15) is 48.1 Å². The molecule has 0 saturated heterocycles. The number of ether oxygens (including phenoxy) is 2. The SMILES string of the molecule is C=C(CNC(=O)CCCCCN1C(=O)C=CC1=O)NCC(=O)N[C@@H](Cc1ccccc1)C(=O)NCC(=O)NCOCC(=O)N[C@H]1CCc2c(C)c(F)cc3nc4c(c1c23)Cn1c-4cc2c(c1=O)COC(=O)[C@@]2(CC)N=O. The Hall–Kier alpha value is -8.47. The second-order valence-electron chi connectivity index (χ2n) is 18.9. The van der Waals surface area contributed by atoms with Crippen LogP contribution in [0.1, 0.15) is 90.4 Å². The Kier molecular flexibility index (Phi) is 16.6. The molecule has 0 saturated carbocycles. The van der Waals surface area contributed by atoms with Gasteiger partial charge < -0.3 is 45.9 Å². The lowest BCUT2D eigenvalue weighted by Gasteiger charge is -2.30. The first-order valence-corrected chi connectivity index (χ1v) is 24.9. The van der Waals surface area contributed by atoms with Crippen LogP contribution in [0.4, 0.5) is 4.39 Å². The number of carbonyl (C=O) groups excluding carboxylic acids is 8. The normalized spacial score (nSPS) is 17.2. The molecule has 0 radical (unpaired) electrons. The number of esters is 1. The maximum Gasteiger partial charge on any atom is 0.342 e.